The first-order valence-corrected chi connectivity index (χ1v) is 9.35. The fourth-order valence-corrected chi connectivity index (χ4v) is 4.13. The van der Waals surface area contributed by atoms with Crippen LogP contribution < -0.4 is 10.2 Å². The molecule has 0 saturated heterocycles. The number of benzene rings is 1. The Morgan fingerprint density at radius 1 is 1.15 bits per heavy atom. The van der Waals surface area contributed by atoms with Gasteiger partial charge in [0.15, 0.2) is 0 Å². The second-order valence-corrected chi connectivity index (χ2v) is 7.35. The molecule has 2 amide bonds. The molecule has 1 fully saturated rings. The van der Waals surface area contributed by atoms with E-state index in [0.717, 1.165) is 50.1 Å². The summed E-state index contributed by atoms with van der Waals surface area (Å²) in [5, 5.41) is 2.93. The molecule has 2 aromatic rings. The monoisotopic (exact) mass is 352 g/mol. The van der Waals surface area contributed by atoms with Gasteiger partial charge < -0.3 is 14.6 Å². The van der Waals surface area contributed by atoms with Crippen LogP contribution in [0.1, 0.15) is 53.1 Å². The van der Waals surface area contributed by atoms with Crippen LogP contribution >= 0.6 is 0 Å². The quantitative estimate of drug-likeness (QED) is 0.899. The van der Waals surface area contributed by atoms with Crippen LogP contribution in [0.25, 0.3) is 0 Å². The number of aryl methyl sites for hydroxylation is 2. The smallest absolute Gasteiger partial charge is 0.259 e. The lowest BCUT2D eigenvalue weighted by atomic mass is 10.1. The van der Waals surface area contributed by atoms with E-state index in [1.807, 2.05) is 30.0 Å². The highest BCUT2D eigenvalue weighted by molar-refractivity contribution is 6.06. The van der Waals surface area contributed by atoms with Gasteiger partial charge in [0.1, 0.15) is 11.5 Å². The Balaban J connectivity index is 1.55. The van der Waals surface area contributed by atoms with Crippen molar-refractivity contribution in [1.82, 2.24) is 0 Å². The lowest BCUT2D eigenvalue weighted by Gasteiger charge is -2.21. The molecule has 4 rings (SSSR count). The number of carbonyl (C=O) groups is 2. The van der Waals surface area contributed by atoms with Gasteiger partial charge in [-0.05, 0) is 56.9 Å². The van der Waals surface area contributed by atoms with E-state index in [-0.39, 0.29) is 17.7 Å². The second kappa shape index (κ2) is 6.63. The van der Waals surface area contributed by atoms with Crippen molar-refractivity contribution in [2.75, 3.05) is 16.8 Å². The van der Waals surface area contributed by atoms with Crippen LogP contribution in [0.3, 0.4) is 0 Å². The number of carbonyl (C=O) groups excluding carboxylic acids is 2. The van der Waals surface area contributed by atoms with Gasteiger partial charge >= 0.3 is 0 Å². The Kier molecular flexibility index (Phi) is 4.31. The number of furan rings is 1. The molecule has 0 spiro atoms. The van der Waals surface area contributed by atoms with Gasteiger partial charge in [0, 0.05) is 23.8 Å². The summed E-state index contributed by atoms with van der Waals surface area (Å²) in [7, 11) is 0. The highest BCUT2D eigenvalue weighted by Gasteiger charge is 2.32. The lowest BCUT2D eigenvalue weighted by Crippen LogP contribution is -2.33. The SMILES string of the molecule is Cc1cc(C(=O)Nc2ccc3c(c2)N(C(=O)C2CCCC2)CC3)c(C)o1. The van der Waals surface area contributed by atoms with Crippen molar-refractivity contribution in [2.24, 2.45) is 5.92 Å². The minimum atomic E-state index is -0.189. The summed E-state index contributed by atoms with van der Waals surface area (Å²) in [4.78, 5) is 27.3. The first kappa shape index (κ1) is 16.9. The maximum atomic E-state index is 12.8. The molecule has 1 aliphatic carbocycles. The predicted molar refractivity (Wildman–Crippen MR) is 101 cm³/mol. The topological polar surface area (TPSA) is 62.6 Å². The highest BCUT2D eigenvalue weighted by atomic mass is 16.3. The Bertz CT molecular complexity index is 862. The van der Waals surface area contributed by atoms with Crippen LogP contribution in [0, 0.1) is 19.8 Å². The van der Waals surface area contributed by atoms with Crippen LogP contribution in [-0.2, 0) is 11.2 Å². The molecule has 1 saturated carbocycles. The summed E-state index contributed by atoms with van der Waals surface area (Å²) >= 11 is 0. The highest BCUT2D eigenvalue weighted by Crippen LogP contribution is 2.35. The molecule has 5 heteroatoms. The van der Waals surface area contributed by atoms with Gasteiger partial charge in [-0.25, -0.2) is 0 Å². The van der Waals surface area contributed by atoms with Gasteiger partial charge in [-0.1, -0.05) is 18.9 Å². The molecule has 136 valence electrons. The molecule has 0 radical (unpaired) electrons. The van der Waals surface area contributed by atoms with Crippen LogP contribution in [0.4, 0.5) is 11.4 Å². The van der Waals surface area contributed by atoms with Gasteiger partial charge in [-0.3, -0.25) is 9.59 Å². The molecule has 0 atom stereocenters. The molecular formula is C21H24N2O3. The molecular weight excluding hydrogens is 328 g/mol. The summed E-state index contributed by atoms with van der Waals surface area (Å²) in [6.45, 7) is 4.35. The van der Waals surface area contributed by atoms with Crippen molar-refractivity contribution in [3.8, 4) is 0 Å². The van der Waals surface area contributed by atoms with Crippen molar-refractivity contribution < 1.29 is 14.0 Å². The fourth-order valence-electron chi connectivity index (χ4n) is 4.13. The molecule has 0 bridgehead atoms. The van der Waals surface area contributed by atoms with Crippen LogP contribution in [0.2, 0.25) is 0 Å². The van der Waals surface area contributed by atoms with E-state index in [9.17, 15) is 9.59 Å². The predicted octanol–water partition coefficient (Wildman–Crippen LogP) is 4.23. The fraction of sp³-hybridized carbons (Fsp3) is 0.429. The molecule has 1 aromatic carbocycles. The van der Waals surface area contributed by atoms with Crippen LogP contribution in [0.15, 0.2) is 28.7 Å². The Morgan fingerprint density at radius 2 is 1.92 bits per heavy atom. The van der Waals surface area contributed by atoms with Crippen LogP contribution in [-0.4, -0.2) is 18.4 Å². The van der Waals surface area contributed by atoms with Gasteiger partial charge in [-0.15, -0.1) is 0 Å². The van der Waals surface area contributed by atoms with Crippen molar-refractivity contribution in [1.29, 1.82) is 0 Å². The minimum absolute atomic E-state index is 0.163. The van der Waals surface area contributed by atoms with Crippen molar-refractivity contribution in [3.63, 3.8) is 0 Å². The van der Waals surface area contributed by atoms with E-state index in [0.29, 0.717) is 17.0 Å². The zero-order valence-electron chi connectivity index (χ0n) is 15.3. The van der Waals surface area contributed by atoms with Crippen molar-refractivity contribution in [3.05, 3.63) is 46.9 Å². The second-order valence-electron chi connectivity index (χ2n) is 7.35. The Morgan fingerprint density at radius 3 is 2.62 bits per heavy atom. The number of rotatable bonds is 3. The Hall–Kier alpha value is -2.56. The molecule has 0 unspecified atom stereocenters. The maximum Gasteiger partial charge on any atom is 0.259 e. The van der Waals surface area contributed by atoms with E-state index in [2.05, 4.69) is 5.32 Å². The number of nitrogens with zero attached hydrogens (tertiary/aromatic N) is 1. The summed E-state index contributed by atoms with van der Waals surface area (Å²) in [6, 6.07) is 7.59. The average Bonchev–Trinajstić information content (AvgIpc) is 3.33. The van der Waals surface area contributed by atoms with Crippen molar-refractivity contribution >= 4 is 23.2 Å². The third-order valence-electron chi connectivity index (χ3n) is 5.49. The van der Waals surface area contributed by atoms with Gasteiger partial charge in [0.2, 0.25) is 5.91 Å². The standard InChI is InChI=1S/C21H24N2O3/c1-13-11-18(14(2)26-13)20(24)22-17-8-7-15-9-10-23(19(15)12-17)21(25)16-5-3-4-6-16/h7-8,11-12,16H,3-6,9-10H2,1-2H3,(H,22,24). The molecule has 1 aromatic heterocycles. The number of nitrogens with one attached hydrogen (secondary N) is 1. The summed E-state index contributed by atoms with van der Waals surface area (Å²) in [6.07, 6.45) is 5.18. The Labute approximate surface area is 153 Å². The maximum absolute atomic E-state index is 12.8. The number of anilines is 2. The summed E-state index contributed by atoms with van der Waals surface area (Å²) < 4.78 is 5.44. The largest absolute Gasteiger partial charge is 0.466 e. The number of amides is 2. The molecule has 2 aliphatic rings. The van der Waals surface area contributed by atoms with E-state index in [1.165, 1.54) is 5.56 Å². The molecule has 1 N–H and O–H groups in total. The van der Waals surface area contributed by atoms with E-state index in [4.69, 9.17) is 4.42 Å². The third-order valence-corrected chi connectivity index (χ3v) is 5.49. The average molecular weight is 352 g/mol. The van der Waals surface area contributed by atoms with Crippen LogP contribution in [0.5, 0.6) is 0 Å². The molecule has 26 heavy (non-hydrogen) atoms. The number of hydrogen-bond donors (Lipinski definition) is 1. The lowest BCUT2D eigenvalue weighted by molar-refractivity contribution is -0.122. The van der Waals surface area contributed by atoms with E-state index < -0.39 is 0 Å². The van der Waals surface area contributed by atoms with E-state index >= 15 is 0 Å². The number of hydrogen-bond acceptors (Lipinski definition) is 3. The third kappa shape index (κ3) is 3.02. The van der Waals surface area contributed by atoms with Gasteiger partial charge in [-0.2, -0.15) is 0 Å². The molecule has 5 nitrogen and oxygen atoms in total. The zero-order chi connectivity index (χ0) is 18.3. The zero-order valence-corrected chi connectivity index (χ0v) is 15.3. The first-order valence-electron chi connectivity index (χ1n) is 9.35. The molecule has 1 aliphatic heterocycles. The summed E-state index contributed by atoms with van der Waals surface area (Å²) in [5.41, 5.74) is 3.37. The van der Waals surface area contributed by atoms with Crippen molar-refractivity contribution in [2.45, 2.75) is 46.0 Å². The number of fused-ring (bicyclic) bond motifs is 1. The van der Waals surface area contributed by atoms with Gasteiger partial charge in [0.25, 0.3) is 5.91 Å². The summed E-state index contributed by atoms with van der Waals surface area (Å²) in [5.74, 6) is 1.54. The minimum Gasteiger partial charge on any atom is -0.466 e. The normalized spacial score (nSPS) is 16.8. The molecule has 2 heterocycles. The van der Waals surface area contributed by atoms with Gasteiger partial charge in [0.05, 0.1) is 5.56 Å². The first-order chi connectivity index (χ1) is 12.5. The van der Waals surface area contributed by atoms with E-state index in [1.54, 1.807) is 13.0 Å².